The van der Waals surface area contributed by atoms with Crippen LogP contribution in [0.2, 0.25) is 0 Å². The Morgan fingerprint density at radius 1 is 1.56 bits per heavy atom. The van der Waals surface area contributed by atoms with Gasteiger partial charge in [0, 0.05) is 25.4 Å². The molecule has 2 rings (SSSR count). The first-order valence-corrected chi connectivity index (χ1v) is 6.94. The zero-order valence-electron chi connectivity index (χ0n) is 12.0. The molecular weight excluding hydrogens is 226 g/mol. The highest BCUT2D eigenvalue weighted by molar-refractivity contribution is 5.30. The standard InChI is InChI=1S/C14H25N3O/c1-5-7-17-10-11(2)15-13(17)16-12-6-8-18-14(3,4)9-12/h10,12H,5-9H2,1-4H3,(H,15,16). The van der Waals surface area contributed by atoms with Gasteiger partial charge in [0.2, 0.25) is 5.95 Å². The molecule has 4 nitrogen and oxygen atoms in total. The zero-order chi connectivity index (χ0) is 13.2. The maximum Gasteiger partial charge on any atom is 0.203 e. The predicted molar refractivity (Wildman–Crippen MR) is 73.9 cm³/mol. The van der Waals surface area contributed by atoms with Gasteiger partial charge in [-0.15, -0.1) is 0 Å². The van der Waals surface area contributed by atoms with Gasteiger partial charge < -0.3 is 14.6 Å². The van der Waals surface area contributed by atoms with E-state index in [1.54, 1.807) is 0 Å². The SMILES string of the molecule is CCCn1cc(C)nc1NC1CCOC(C)(C)C1. The molecule has 0 spiro atoms. The number of aryl methyl sites for hydroxylation is 2. The van der Waals surface area contributed by atoms with Crippen molar-refractivity contribution in [3.63, 3.8) is 0 Å². The minimum atomic E-state index is -0.0207. The largest absolute Gasteiger partial charge is 0.375 e. The number of hydrogen-bond acceptors (Lipinski definition) is 3. The van der Waals surface area contributed by atoms with E-state index in [4.69, 9.17) is 4.74 Å². The highest BCUT2D eigenvalue weighted by atomic mass is 16.5. The van der Waals surface area contributed by atoms with Crippen molar-refractivity contribution in [1.82, 2.24) is 9.55 Å². The molecule has 1 unspecified atom stereocenters. The molecule has 0 amide bonds. The number of aromatic nitrogens is 2. The van der Waals surface area contributed by atoms with Gasteiger partial charge >= 0.3 is 0 Å². The summed E-state index contributed by atoms with van der Waals surface area (Å²) in [5.41, 5.74) is 1.06. The molecule has 4 heteroatoms. The fraction of sp³-hybridized carbons (Fsp3) is 0.786. The third-order valence-electron chi connectivity index (χ3n) is 3.39. The molecule has 1 aliphatic heterocycles. The summed E-state index contributed by atoms with van der Waals surface area (Å²) < 4.78 is 7.97. The second-order valence-corrected chi connectivity index (χ2v) is 5.84. The van der Waals surface area contributed by atoms with Gasteiger partial charge in [0.1, 0.15) is 0 Å². The van der Waals surface area contributed by atoms with E-state index in [0.717, 1.165) is 44.1 Å². The molecular formula is C14H25N3O. The number of rotatable bonds is 4. The highest BCUT2D eigenvalue weighted by Gasteiger charge is 2.29. The maximum absolute atomic E-state index is 5.75. The smallest absolute Gasteiger partial charge is 0.203 e. The molecule has 18 heavy (non-hydrogen) atoms. The minimum absolute atomic E-state index is 0.0207. The van der Waals surface area contributed by atoms with Gasteiger partial charge in [-0.3, -0.25) is 0 Å². The monoisotopic (exact) mass is 251 g/mol. The summed E-state index contributed by atoms with van der Waals surface area (Å²) >= 11 is 0. The maximum atomic E-state index is 5.75. The Morgan fingerprint density at radius 3 is 3.00 bits per heavy atom. The number of ether oxygens (including phenoxy) is 1. The zero-order valence-corrected chi connectivity index (χ0v) is 12.0. The fourth-order valence-corrected chi connectivity index (χ4v) is 2.61. The number of nitrogens with zero attached hydrogens (tertiary/aromatic N) is 2. The molecule has 0 radical (unpaired) electrons. The highest BCUT2D eigenvalue weighted by Crippen LogP contribution is 2.26. The van der Waals surface area contributed by atoms with Crippen LogP contribution in [0, 0.1) is 6.92 Å². The van der Waals surface area contributed by atoms with Crippen LogP contribution in [0.3, 0.4) is 0 Å². The predicted octanol–water partition coefficient (Wildman–Crippen LogP) is 2.97. The van der Waals surface area contributed by atoms with Crippen LogP contribution in [0.1, 0.15) is 45.7 Å². The van der Waals surface area contributed by atoms with E-state index >= 15 is 0 Å². The van der Waals surface area contributed by atoms with E-state index in [2.05, 4.69) is 41.8 Å². The normalized spacial score (nSPS) is 23.0. The number of anilines is 1. The summed E-state index contributed by atoms with van der Waals surface area (Å²) in [6.07, 6.45) is 5.34. The molecule has 0 aliphatic carbocycles. The molecule has 1 saturated heterocycles. The molecule has 1 fully saturated rings. The van der Waals surface area contributed by atoms with Crippen LogP contribution >= 0.6 is 0 Å². The summed E-state index contributed by atoms with van der Waals surface area (Å²) in [5, 5.41) is 3.58. The van der Waals surface area contributed by atoms with Crippen molar-refractivity contribution in [2.75, 3.05) is 11.9 Å². The van der Waals surface area contributed by atoms with Crippen molar-refractivity contribution in [3.05, 3.63) is 11.9 Å². The van der Waals surface area contributed by atoms with E-state index in [0.29, 0.717) is 6.04 Å². The van der Waals surface area contributed by atoms with Crippen LogP contribution in [0.25, 0.3) is 0 Å². The van der Waals surface area contributed by atoms with Crippen molar-refractivity contribution in [1.29, 1.82) is 0 Å². The second-order valence-electron chi connectivity index (χ2n) is 5.84. The van der Waals surface area contributed by atoms with Gasteiger partial charge in [-0.1, -0.05) is 6.92 Å². The lowest BCUT2D eigenvalue weighted by molar-refractivity contribution is -0.0554. The summed E-state index contributed by atoms with van der Waals surface area (Å²) in [5.74, 6) is 1.01. The van der Waals surface area contributed by atoms with E-state index in [1.165, 1.54) is 0 Å². The fourth-order valence-electron chi connectivity index (χ4n) is 2.61. The van der Waals surface area contributed by atoms with Crippen LogP contribution in [0.15, 0.2) is 6.20 Å². The van der Waals surface area contributed by atoms with Crippen LogP contribution in [0.5, 0.6) is 0 Å². The van der Waals surface area contributed by atoms with Gasteiger partial charge in [0.25, 0.3) is 0 Å². The van der Waals surface area contributed by atoms with Gasteiger partial charge in [0.15, 0.2) is 0 Å². The average molecular weight is 251 g/mol. The Labute approximate surface area is 110 Å². The number of nitrogens with one attached hydrogen (secondary N) is 1. The lowest BCUT2D eigenvalue weighted by atomic mass is 9.94. The summed E-state index contributed by atoms with van der Waals surface area (Å²) in [7, 11) is 0. The van der Waals surface area contributed by atoms with Crippen molar-refractivity contribution in [2.45, 2.75) is 65.1 Å². The third-order valence-corrected chi connectivity index (χ3v) is 3.39. The lowest BCUT2D eigenvalue weighted by Crippen LogP contribution is -2.40. The molecule has 0 aromatic carbocycles. The molecule has 1 aliphatic rings. The first-order chi connectivity index (χ1) is 8.50. The molecule has 1 aromatic heterocycles. The van der Waals surface area contributed by atoms with E-state index in [1.807, 2.05) is 6.92 Å². The van der Waals surface area contributed by atoms with Crippen molar-refractivity contribution >= 4 is 5.95 Å². The Bertz CT molecular complexity index is 398. The van der Waals surface area contributed by atoms with Crippen molar-refractivity contribution in [2.24, 2.45) is 0 Å². The molecule has 1 atom stereocenters. The Balaban J connectivity index is 2.04. The minimum Gasteiger partial charge on any atom is -0.375 e. The lowest BCUT2D eigenvalue weighted by Gasteiger charge is -2.36. The van der Waals surface area contributed by atoms with Gasteiger partial charge in [-0.2, -0.15) is 0 Å². The summed E-state index contributed by atoms with van der Waals surface area (Å²) in [6, 6.07) is 0.464. The molecule has 1 N–H and O–H groups in total. The quantitative estimate of drug-likeness (QED) is 0.894. The van der Waals surface area contributed by atoms with Gasteiger partial charge in [-0.25, -0.2) is 4.98 Å². The van der Waals surface area contributed by atoms with Crippen LogP contribution < -0.4 is 5.32 Å². The van der Waals surface area contributed by atoms with E-state index in [9.17, 15) is 0 Å². The van der Waals surface area contributed by atoms with E-state index < -0.39 is 0 Å². The van der Waals surface area contributed by atoms with Gasteiger partial charge in [0.05, 0.1) is 11.3 Å². The Kier molecular flexibility index (Phi) is 3.95. The summed E-state index contributed by atoms with van der Waals surface area (Å²) in [6.45, 7) is 10.4. The van der Waals surface area contributed by atoms with Crippen LogP contribution in [-0.2, 0) is 11.3 Å². The first-order valence-electron chi connectivity index (χ1n) is 6.94. The third kappa shape index (κ3) is 3.25. The van der Waals surface area contributed by atoms with Crippen LogP contribution in [0.4, 0.5) is 5.95 Å². The Morgan fingerprint density at radius 2 is 2.33 bits per heavy atom. The molecule has 102 valence electrons. The topological polar surface area (TPSA) is 39.1 Å². The van der Waals surface area contributed by atoms with Crippen LogP contribution in [-0.4, -0.2) is 27.8 Å². The van der Waals surface area contributed by atoms with Crippen molar-refractivity contribution in [3.8, 4) is 0 Å². The van der Waals surface area contributed by atoms with E-state index in [-0.39, 0.29) is 5.60 Å². The second kappa shape index (κ2) is 5.31. The molecule has 2 heterocycles. The van der Waals surface area contributed by atoms with Crippen molar-refractivity contribution < 1.29 is 4.74 Å². The molecule has 0 bridgehead atoms. The number of hydrogen-bond donors (Lipinski definition) is 1. The first kappa shape index (κ1) is 13.4. The summed E-state index contributed by atoms with van der Waals surface area (Å²) in [4.78, 5) is 4.58. The number of imidazole rings is 1. The molecule has 1 aromatic rings. The molecule has 0 saturated carbocycles. The average Bonchev–Trinajstić information content (AvgIpc) is 2.58. The Hall–Kier alpha value is -1.03. The van der Waals surface area contributed by atoms with Gasteiger partial charge in [-0.05, 0) is 40.0 Å².